The average molecular weight is 544 g/mol. The smallest absolute Gasteiger partial charge is 0.326 e. The summed E-state index contributed by atoms with van der Waals surface area (Å²) < 4.78 is 5.30. The molecule has 1 radical (unpaired) electrons. The third-order valence-electron chi connectivity index (χ3n) is 5.64. The third kappa shape index (κ3) is 8.10. The number of imide groups is 1. The summed E-state index contributed by atoms with van der Waals surface area (Å²) in [5, 5.41) is 11.9. The molecule has 4 amide bonds. The van der Waals surface area contributed by atoms with E-state index in [1.807, 2.05) is 0 Å². The van der Waals surface area contributed by atoms with Gasteiger partial charge in [-0.1, -0.05) is 23.2 Å². The Hall–Kier alpha value is -1.81. The van der Waals surface area contributed by atoms with Gasteiger partial charge in [-0.3, -0.25) is 14.9 Å². The van der Waals surface area contributed by atoms with Gasteiger partial charge in [-0.2, -0.15) is 0 Å². The molecule has 1 fully saturated rings. The summed E-state index contributed by atoms with van der Waals surface area (Å²) in [5.41, 5.74) is 0.438. The van der Waals surface area contributed by atoms with Crippen molar-refractivity contribution in [2.24, 2.45) is 0 Å². The van der Waals surface area contributed by atoms with Crippen molar-refractivity contribution in [3.8, 4) is 5.75 Å². The standard InChI is InChI=1S/C25H30Cl2N4O4.Na/c1-24(2)12-16(13-25(3,4)31-24)28-21(32)14-6-9-20(35-5)19(10-14)29-23(34)30-22(33)17-8-7-15(26)11-18(17)27;/h6-11,16,31H,12-13H2,1-5H3,(H,28,32)(H2,29,30,33,34);. The molecule has 4 N–H and O–H groups in total. The van der Waals surface area contributed by atoms with Crippen molar-refractivity contribution in [1.29, 1.82) is 0 Å². The van der Waals surface area contributed by atoms with Crippen LogP contribution in [0.3, 0.4) is 0 Å². The molecule has 2 aromatic rings. The van der Waals surface area contributed by atoms with Crippen molar-refractivity contribution >= 4 is 76.3 Å². The Morgan fingerprint density at radius 3 is 2.19 bits per heavy atom. The number of halogens is 2. The van der Waals surface area contributed by atoms with Gasteiger partial charge >= 0.3 is 6.03 Å². The molecule has 8 nitrogen and oxygen atoms in total. The number of hydrogen-bond donors (Lipinski definition) is 4. The van der Waals surface area contributed by atoms with Gasteiger partial charge in [-0.05, 0) is 76.9 Å². The predicted molar refractivity (Wildman–Crippen MR) is 143 cm³/mol. The quantitative estimate of drug-likeness (QED) is 0.411. The number of carbonyl (C=O) groups is 3. The normalized spacial score (nSPS) is 16.3. The number of piperidine rings is 1. The van der Waals surface area contributed by atoms with E-state index in [0.29, 0.717) is 16.3 Å². The zero-order valence-electron chi connectivity index (χ0n) is 21.3. The Morgan fingerprint density at radius 2 is 1.61 bits per heavy atom. The second-order valence-corrected chi connectivity index (χ2v) is 10.8. The van der Waals surface area contributed by atoms with E-state index in [1.165, 1.54) is 31.4 Å². The first-order valence-corrected chi connectivity index (χ1v) is 11.9. The van der Waals surface area contributed by atoms with Crippen LogP contribution < -0.4 is 26.0 Å². The van der Waals surface area contributed by atoms with Gasteiger partial charge in [-0.15, -0.1) is 0 Å². The van der Waals surface area contributed by atoms with E-state index in [0.717, 1.165) is 12.8 Å². The van der Waals surface area contributed by atoms with Gasteiger partial charge in [0.1, 0.15) is 5.75 Å². The Bertz CT molecular complexity index is 1140. The van der Waals surface area contributed by atoms with Crippen molar-refractivity contribution in [3.05, 3.63) is 57.6 Å². The number of hydrogen-bond acceptors (Lipinski definition) is 5. The molecule has 1 heterocycles. The summed E-state index contributed by atoms with van der Waals surface area (Å²) in [6.07, 6.45) is 1.56. The van der Waals surface area contributed by atoms with E-state index in [9.17, 15) is 14.4 Å². The van der Waals surface area contributed by atoms with Crippen LogP contribution in [-0.4, -0.2) is 71.6 Å². The largest absolute Gasteiger partial charge is 0.495 e. The molecule has 189 valence electrons. The molecule has 0 saturated carbocycles. The molecule has 0 aromatic heterocycles. The van der Waals surface area contributed by atoms with Crippen LogP contribution in [0.15, 0.2) is 36.4 Å². The predicted octanol–water partition coefficient (Wildman–Crippen LogP) is 4.62. The summed E-state index contributed by atoms with van der Waals surface area (Å²) in [6.45, 7) is 8.44. The van der Waals surface area contributed by atoms with E-state index in [-0.39, 0.29) is 68.9 Å². The molecule has 36 heavy (non-hydrogen) atoms. The SMILES string of the molecule is COc1ccc(C(=O)NC2CC(C)(C)NC(C)(C)C2)cc1NC(=O)NC(=O)c1ccc(Cl)cc1Cl.[Na]. The van der Waals surface area contributed by atoms with Crippen molar-refractivity contribution in [1.82, 2.24) is 16.0 Å². The minimum absolute atomic E-state index is 0. The van der Waals surface area contributed by atoms with Gasteiger partial charge in [0.25, 0.3) is 11.8 Å². The summed E-state index contributed by atoms with van der Waals surface area (Å²) in [7, 11) is 1.44. The van der Waals surface area contributed by atoms with Crippen LogP contribution in [-0.2, 0) is 0 Å². The van der Waals surface area contributed by atoms with Crippen molar-refractivity contribution in [2.45, 2.75) is 57.7 Å². The molecule has 0 atom stereocenters. The molecular formula is C25H30Cl2N4NaO4. The van der Waals surface area contributed by atoms with Crippen molar-refractivity contribution in [3.63, 3.8) is 0 Å². The third-order valence-corrected chi connectivity index (χ3v) is 6.19. The monoisotopic (exact) mass is 543 g/mol. The fourth-order valence-electron chi connectivity index (χ4n) is 4.64. The van der Waals surface area contributed by atoms with Crippen LogP contribution in [0.5, 0.6) is 5.75 Å². The van der Waals surface area contributed by atoms with E-state index < -0.39 is 11.9 Å². The Balaban J connectivity index is 0.00000456. The van der Waals surface area contributed by atoms with Gasteiger partial charge in [0.2, 0.25) is 0 Å². The fourth-order valence-corrected chi connectivity index (χ4v) is 5.13. The maximum absolute atomic E-state index is 13.0. The summed E-state index contributed by atoms with van der Waals surface area (Å²) in [4.78, 5) is 38.0. The molecule has 1 saturated heterocycles. The van der Waals surface area contributed by atoms with Crippen LogP contribution in [0.25, 0.3) is 0 Å². The number of benzene rings is 2. The van der Waals surface area contributed by atoms with Crippen molar-refractivity contribution < 1.29 is 19.1 Å². The second kappa shape index (κ2) is 12.2. The van der Waals surface area contributed by atoms with Crippen LogP contribution in [0.4, 0.5) is 10.5 Å². The summed E-state index contributed by atoms with van der Waals surface area (Å²) in [5.74, 6) is -0.635. The Labute approximate surface area is 243 Å². The molecule has 0 spiro atoms. The Kier molecular flexibility index (Phi) is 10.3. The molecule has 0 aliphatic carbocycles. The number of amides is 4. The van der Waals surface area contributed by atoms with E-state index in [1.54, 1.807) is 12.1 Å². The maximum atomic E-state index is 13.0. The molecule has 0 bridgehead atoms. The molecule has 3 rings (SSSR count). The van der Waals surface area contributed by atoms with Crippen molar-refractivity contribution in [2.75, 3.05) is 12.4 Å². The van der Waals surface area contributed by atoms with Gasteiger partial charge in [0, 0.05) is 57.3 Å². The van der Waals surface area contributed by atoms with Gasteiger partial charge in [0.15, 0.2) is 0 Å². The zero-order chi connectivity index (χ0) is 26.0. The molecule has 11 heteroatoms. The number of urea groups is 1. The summed E-state index contributed by atoms with van der Waals surface area (Å²) >= 11 is 11.9. The van der Waals surface area contributed by atoms with Gasteiger partial charge in [-0.25, -0.2) is 4.79 Å². The van der Waals surface area contributed by atoms with Gasteiger partial charge < -0.3 is 20.7 Å². The second-order valence-electron chi connectivity index (χ2n) is 9.92. The minimum Gasteiger partial charge on any atom is -0.495 e. The van der Waals surface area contributed by atoms with Crippen LogP contribution in [0.1, 0.15) is 61.3 Å². The Morgan fingerprint density at radius 1 is 0.972 bits per heavy atom. The first-order chi connectivity index (χ1) is 16.3. The van der Waals surface area contributed by atoms with Gasteiger partial charge in [0.05, 0.1) is 23.4 Å². The van der Waals surface area contributed by atoms with E-state index in [2.05, 4.69) is 49.0 Å². The summed E-state index contributed by atoms with van der Waals surface area (Å²) in [6, 6.07) is 8.21. The van der Waals surface area contributed by atoms with E-state index in [4.69, 9.17) is 27.9 Å². The molecule has 0 unspecified atom stereocenters. The molecule has 2 aromatic carbocycles. The number of rotatable bonds is 5. The average Bonchev–Trinajstić information content (AvgIpc) is 2.71. The number of anilines is 1. The van der Waals surface area contributed by atoms with Crippen LogP contribution >= 0.6 is 23.2 Å². The number of nitrogens with one attached hydrogen (secondary N) is 4. The number of carbonyl (C=O) groups excluding carboxylic acids is 3. The molecule has 1 aliphatic heterocycles. The topological polar surface area (TPSA) is 109 Å². The zero-order valence-corrected chi connectivity index (χ0v) is 24.9. The fraction of sp³-hybridized carbons (Fsp3) is 0.400. The number of ether oxygens (including phenoxy) is 1. The minimum atomic E-state index is -0.807. The maximum Gasteiger partial charge on any atom is 0.326 e. The molecular weight excluding hydrogens is 514 g/mol. The van der Waals surface area contributed by atoms with Crippen LogP contribution in [0, 0.1) is 0 Å². The number of methoxy groups -OCH3 is 1. The van der Waals surface area contributed by atoms with Crippen LogP contribution in [0.2, 0.25) is 10.0 Å². The van der Waals surface area contributed by atoms with E-state index >= 15 is 0 Å². The molecule has 1 aliphatic rings. The first-order valence-electron chi connectivity index (χ1n) is 11.1. The first kappa shape index (κ1) is 30.4.